The molecule has 0 bridgehead atoms. The van der Waals surface area contributed by atoms with Crippen LogP contribution in [0, 0.1) is 13.8 Å². The van der Waals surface area contributed by atoms with Crippen molar-refractivity contribution in [3.63, 3.8) is 0 Å². The normalized spacial score (nSPS) is 14.8. The van der Waals surface area contributed by atoms with Gasteiger partial charge in [0.15, 0.2) is 0 Å². The van der Waals surface area contributed by atoms with Crippen molar-refractivity contribution < 1.29 is 9.53 Å². The van der Waals surface area contributed by atoms with E-state index in [1.807, 2.05) is 38.1 Å². The number of benzene rings is 1. The van der Waals surface area contributed by atoms with E-state index < -0.39 is 0 Å². The first-order chi connectivity index (χ1) is 13.5. The number of nitrogens with zero attached hydrogens (tertiary/aromatic N) is 3. The number of carbonyl (C=O) groups is 1. The fourth-order valence-electron chi connectivity index (χ4n) is 3.05. The predicted octanol–water partition coefficient (Wildman–Crippen LogP) is 3.02. The lowest BCUT2D eigenvalue weighted by molar-refractivity contribution is 0.0906. The van der Waals surface area contributed by atoms with E-state index in [2.05, 4.69) is 19.8 Å². The zero-order chi connectivity index (χ0) is 19.8. The monoisotopic (exact) mass is 415 g/mol. The van der Waals surface area contributed by atoms with Crippen molar-refractivity contribution >= 4 is 45.1 Å². The third kappa shape index (κ3) is 3.52. The molecule has 1 aromatic carbocycles. The summed E-state index contributed by atoms with van der Waals surface area (Å²) in [6, 6.07) is 8.05. The molecular weight excluding hydrogens is 394 g/mol. The Morgan fingerprint density at radius 1 is 1.29 bits per heavy atom. The van der Waals surface area contributed by atoms with Crippen molar-refractivity contribution in [2.75, 3.05) is 25.9 Å². The van der Waals surface area contributed by atoms with Crippen LogP contribution in [-0.2, 0) is 0 Å². The molecule has 0 aliphatic carbocycles. The minimum absolute atomic E-state index is 0.108. The molecule has 1 amide bonds. The third-order valence-corrected chi connectivity index (χ3v) is 6.95. The van der Waals surface area contributed by atoms with Gasteiger partial charge in [0.2, 0.25) is 0 Å². The van der Waals surface area contributed by atoms with Crippen LogP contribution in [0.1, 0.15) is 20.9 Å². The zero-order valence-corrected chi connectivity index (χ0v) is 17.5. The van der Waals surface area contributed by atoms with Crippen molar-refractivity contribution in [3.05, 3.63) is 40.4 Å². The summed E-state index contributed by atoms with van der Waals surface area (Å²) in [4.78, 5) is 15.1. The lowest BCUT2D eigenvalue weighted by atomic mass is 10.1. The van der Waals surface area contributed by atoms with Crippen LogP contribution >= 0.6 is 23.3 Å². The van der Waals surface area contributed by atoms with Crippen LogP contribution in [0.15, 0.2) is 29.2 Å². The van der Waals surface area contributed by atoms with Crippen molar-refractivity contribution in [3.8, 4) is 5.75 Å². The Kier molecular flexibility index (Phi) is 5.13. The van der Waals surface area contributed by atoms with Crippen LogP contribution in [0.5, 0.6) is 5.75 Å². The number of amides is 1. The molecule has 1 aliphatic heterocycles. The molecule has 0 unspecified atom stereocenters. The first kappa shape index (κ1) is 19.0. The van der Waals surface area contributed by atoms with E-state index in [4.69, 9.17) is 10.5 Å². The number of carbonyl (C=O) groups excluding carboxylic acids is 1. The molecule has 0 saturated carbocycles. The molecule has 0 radical (unpaired) electrons. The summed E-state index contributed by atoms with van der Waals surface area (Å²) in [5, 5.41) is 12.2. The van der Waals surface area contributed by atoms with E-state index in [9.17, 15) is 4.79 Å². The number of thiophene rings is 1. The van der Waals surface area contributed by atoms with Gasteiger partial charge < -0.3 is 15.8 Å². The second-order valence-electron chi connectivity index (χ2n) is 6.72. The highest BCUT2D eigenvalue weighted by molar-refractivity contribution is 7.97. The Labute approximate surface area is 171 Å². The highest BCUT2D eigenvalue weighted by atomic mass is 32.2. The predicted molar refractivity (Wildman–Crippen MR) is 113 cm³/mol. The fraction of sp³-hybridized carbons (Fsp3) is 0.316. The highest BCUT2D eigenvalue weighted by Crippen LogP contribution is 2.35. The Hall–Kier alpha value is -2.36. The molecule has 3 aromatic rings. The fourth-order valence-corrected chi connectivity index (χ4v) is 5.12. The average molecular weight is 416 g/mol. The number of aromatic nitrogens is 2. The summed E-state index contributed by atoms with van der Waals surface area (Å²) < 4.78 is 7.38. The minimum atomic E-state index is -0.142. The number of nitrogens with two attached hydrogens (primary N) is 1. The number of hydrogen-bond acceptors (Lipinski definition) is 8. The first-order valence-electron chi connectivity index (χ1n) is 8.86. The molecule has 4 rings (SSSR count). The zero-order valence-electron chi connectivity index (χ0n) is 15.9. The van der Waals surface area contributed by atoms with Crippen molar-refractivity contribution in [2.45, 2.75) is 24.8 Å². The summed E-state index contributed by atoms with van der Waals surface area (Å²) in [5.41, 5.74) is 8.56. The Bertz CT molecular complexity index is 1030. The maximum Gasteiger partial charge on any atom is 0.263 e. The maximum absolute atomic E-state index is 12.7. The number of anilines is 1. The van der Waals surface area contributed by atoms with Crippen molar-refractivity contribution in [1.29, 1.82) is 0 Å². The molecule has 9 heteroatoms. The van der Waals surface area contributed by atoms with Gasteiger partial charge in [-0.2, -0.15) is 5.10 Å². The van der Waals surface area contributed by atoms with Crippen molar-refractivity contribution in [2.24, 2.45) is 0 Å². The average Bonchev–Trinajstić information content (AvgIpc) is 3.00. The number of rotatable bonds is 5. The van der Waals surface area contributed by atoms with Gasteiger partial charge >= 0.3 is 0 Å². The van der Waals surface area contributed by atoms with Gasteiger partial charge in [-0.25, -0.2) is 4.31 Å². The second-order valence-corrected chi connectivity index (χ2v) is 8.89. The minimum Gasteiger partial charge on any atom is -0.497 e. The highest BCUT2D eigenvalue weighted by Gasteiger charge is 2.30. The SMILES string of the molecule is COc1ccc(SN2CC(NC(=O)c3sc4nnc(C)c(C)c4c3N)C2)cc1. The molecule has 3 N–H and O–H groups in total. The molecule has 1 aliphatic rings. The van der Waals surface area contributed by atoms with Crippen molar-refractivity contribution in [1.82, 2.24) is 19.8 Å². The van der Waals surface area contributed by atoms with E-state index in [-0.39, 0.29) is 11.9 Å². The van der Waals surface area contributed by atoms with E-state index in [0.717, 1.165) is 40.4 Å². The molecule has 3 heterocycles. The number of methoxy groups -OCH3 is 1. The Morgan fingerprint density at radius 2 is 2.00 bits per heavy atom. The van der Waals surface area contributed by atoms with Gasteiger partial charge in [-0.3, -0.25) is 4.79 Å². The summed E-state index contributed by atoms with van der Waals surface area (Å²) in [6.07, 6.45) is 0. The maximum atomic E-state index is 12.7. The number of hydrogen-bond donors (Lipinski definition) is 2. The number of nitrogen functional groups attached to an aromatic ring is 1. The second kappa shape index (κ2) is 7.57. The van der Waals surface area contributed by atoms with Gasteiger partial charge in [-0.1, -0.05) is 0 Å². The summed E-state index contributed by atoms with van der Waals surface area (Å²) in [6.45, 7) is 5.41. The van der Waals surface area contributed by atoms with Crippen LogP contribution < -0.4 is 15.8 Å². The first-order valence-corrected chi connectivity index (χ1v) is 10.4. The van der Waals surface area contributed by atoms with Gasteiger partial charge in [0.1, 0.15) is 15.5 Å². The summed E-state index contributed by atoms with van der Waals surface area (Å²) in [5.74, 6) is 0.700. The largest absolute Gasteiger partial charge is 0.497 e. The summed E-state index contributed by atoms with van der Waals surface area (Å²) in [7, 11) is 1.66. The molecule has 1 saturated heterocycles. The molecule has 2 aromatic heterocycles. The number of aryl methyl sites for hydroxylation is 2. The van der Waals surface area contributed by atoms with Crippen LogP contribution in [0.25, 0.3) is 10.2 Å². The Balaban J connectivity index is 1.37. The molecule has 146 valence electrons. The molecule has 0 atom stereocenters. The van der Waals surface area contributed by atoms with Gasteiger partial charge in [-0.15, -0.1) is 16.4 Å². The van der Waals surface area contributed by atoms with Gasteiger partial charge in [0.05, 0.1) is 24.5 Å². The van der Waals surface area contributed by atoms with E-state index in [1.54, 1.807) is 19.1 Å². The third-order valence-electron chi connectivity index (χ3n) is 4.82. The van der Waals surface area contributed by atoms with Gasteiger partial charge in [-0.05, 0) is 55.6 Å². The number of ether oxygens (including phenoxy) is 1. The van der Waals surface area contributed by atoms with E-state index >= 15 is 0 Å². The smallest absolute Gasteiger partial charge is 0.263 e. The van der Waals surface area contributed by atoms with Crippen LogP contribution in [0.4, 0.5) is 5.69 Å². The molecule has 0 spiro atoms. The molecule has 7 nitrogen and oxygen atoms in total. The molecule has 28 heavy (non-hydrogen) atoms. The lowest BCUT2D eigenvalue weighted by Crippen LogP contribution is -2.56. The molecular formula is C19H21N5O2S2. The van der Waals surface area contributed by atoms with Crippen LogP contribution in [0.3, 0.4) is 0 Å². The topological polar surface area (TPSA) is 93.4 Å². The van der Waals surface area contributed by atoms with Crippen LogP contribution in [0.2, 0.25) is 0 Å². The van der Waals surface area contributed by atoms with Gasteiger partial charge in [0, 0.05) is 23.4 Å². The Morgan fingerprint density at radius 3 is 2.68 bits per heavy atom. The standard InChI is InChI=1S/C19H21N5O2S2/c1-10-11(2)22-23-19-15(10)16(20)17(27-19)18(25)21-12-8-24(9-12)28-14-6-4-13(26-3)5-7-14/h4-7,12H,8-9,20H2,1-3H3,(H,21,25). The lowest BCUT2D eigenvalue weighted by Gasteiger charge is -2.38. The van der Waals surface area contributed by atoms with Crippen LogP contribution in [-0.4, -0.2) is 46.7 Å². The number of nitrogens with one attached hydrogen (secondary N) is 1. The quantitative estimate of drug-likeness (QED) is 0.619. The van der Waals surface area contributed by atoms with E-state index in [0.29, 0.717) is 15.4 Å². The number of fused-ring (bicyclic) bond motifs is 1. The molecule has 1 fully saturated rings. The van der Waals surface area contributed by atoms with E-state index in [1.165, 1.54) is 11.3 Å². The summed E-state index contributed by atoms with van der Waals surface area (Å²) >= 11 is 2.97. The van der Waals surface area contributed by atoms with Gasteiger partial charge in [0.25, 0.3) is 5.91 Å².